The molecule has 0 radical (unpaired) electrons. The first-order valence-corrected chi connectivity index (χ1v) is 12.3. The SMILES string of the molecule is O=S(=O)(c1ccc(Cl)c(Cl)c1)N1CCN(c2nc(-c3cc(F)cc(Cl)c3)cs2)CC1. The van der Waals surface area contributed by atoms with Gasteiger partial charge in [-0.15, -0.1) is 11.3 Å². The number of aromatic nitrogens is 1. The van der Waals surface area contributed by atoms with E-state index in [1.54, 1.807) is 6.07 Å². The van der Waals surface area contributed by atoms with Crippen LogP contribution in [0, 0.1) is 5.82 Å². The van der Waals surface area contributed by atoms with Crippen molar-refractivity contribution in [2.75, 3.05) is 31.1 Å². The van der Waals surface area contributed by atoms with Gasteiger partial charge in [0.15, 0.2) is 5.13 Å². The molecule has 0 atom stereocenters. The largest absolute Gasteiger partial charge is 0.345 e. The maximum Gasteiger partial charge on any atom is 0.243 e. The van der Waals surface area contributed by atoms with E-state index < -0.39 is 15.8 Å². The van der Waals surface area contributed by atoms with Crippen molar-refractivity contribution in [3.05, 3.63) is 62.7 Å². The molecular formula is C19H15Cl3FN3O2S2. The van der Waals surface area contributed by atoms with Crippen LogP contribution < -0.4 is 4.90 Å². The Morgan fingerprint density at radius 3 is 2.37 bits per heavy atom. The first kappa shape index (κ1) is 21.8. The van der Waals surface area contributed by atoms with Crippen LogP contribution in [0.15, 0.2) is 46.7 Å². The van der Waals surface area contributed by atoms with Gasteiger partial charge in [0, 0.05) is 42.1 Å². The van der Waals surface area contributed by atoms with Crippen molar-refractivity contribution < 1.29 is 12.8 Å². The first-order valence-electron chi connectivity index (χ1n) is 8.86. The molecule has 1 aliphatic rings. The van der Waals surface area contributed by atoms with Crippen molar-refractivity contribution >= 4 is 61.3 Å². The normalized spacial score (nSPS) is 15.5. The van der Waals surface area contributed by atoms with E-state index in [1.807, 2.05) is 10.3 Å². The van der Waals surface area contributed by atoms with Gasteiger partial charge in [-0.1, -0.05) is 34.8 Å². The van der Waals surface area contributed by atoms with Crippen LogP contribution in [-0.4, -0.2) is 43.9 Å². The molecule has 0 aliphatic carbocycles. The van der Waals surface area contributed by atoms with Gasteiger partial charge in [0.2, 0.25) is 10.0 Å². The Labute approximate surface area is 192 Å². The van der Waals surface area contributed by atoms with Crippen LogP contribution in [0.1, 0.15) is 0 Å². The highest BCUT2D eigenvalue weighted by atomic mass is 35.5. The zero-order valence-corrected chi connectivity index (χ0v) is 19.3. The fourth-order valence-corrected chi connectivity index (χ4v) is 6.07. The molecule has 0 saturated carbocycles. The first-order chi connectivity index (χ1) is 14.2. The van der Waals surface area contributed by atoms with E-state index in [2.05, 4.69) is 4.98 Å². The second kappa shape index (κ2) is 8.61. The molecule has 1 fully saturated rings. The third-order valence-electron chi connectivity index (χ3n) is 4.69. The fourth-order valence-electron chi connectivity index (χ4n) is 3.15. The lowest BCUT2D eigenvalue weighted by Crippen LogP contribution is -2.48. The van der Waals surface area contributed by atoms with Crippen LogP contribution in [0.5, 0.6) is 0 Å². The van der Waals surface area contributed by atoms with Crippen LogP contribution in [0.3, 0.4) is 0 Å². The molecule has 0 amide bonds. The topological polar surface area (TPSA) is 53.5 Å². The minimum atomic E-state index is -3.66. The lowest BCUT2D eigenvalue weighted by atomic mass is 10.2. The Morgan fingerprint density at radius 1 is 0.967 bits per heavy atom. The number of thiazole rings is 1. The van der Waals surface area contributed by atoms with E-state index in [0.717, 1.165) is 5.13 Å². The molecule has 4 rings (SSSR count). The molecule has 3 aromatic rings. The highest BCUT2D eigenvalue weighted by Crippen LogP contribution is 2.31. The zero-order valence-electron chi connectivity index (χ0n) is 15.4. The Morgan fingerprint density at radius 2 is 1.70 bits per heavy atom. The van der Waals surface area contributed by atoms with Gasteiger partial charge in [-0.2, -0.15) is 4.31 Å². The van der Waals surface area contributed by atoms with Crippen molar-refractivity contribution in [1.82, 2.24) is 9.29 Å². The summed E-state index contributed by atoms with van der Waals surface area (Å²) in [5, 5.41) is 3.39. The summed E-state index contributed by atoms with van der Waals surface area (Å²) in [6, 6.07) is 8.57. The van der Waals surface area contributed by atoms with E-state index in [4.69, 9.17) is 34.8 Å². The van der Waals surface area contributed by atoms with E-state index in [0.29, 0.717) is 47.5 Å². The predicted molar refractivity (Wildman–Crippen MR) is 120 cm³/mol. The number of sulfonamides is 1. The smallest absolute Gasteiger partial charge is 0.243 e. The van der Waals surface area contributed by atoms with Crippen LogP contribution in [0.4, 0.5) is 9.52 Å². The molecular weight excluding hydrogens is 492 g/mol. The number of piperazine rings is 1. The molecule has 0 N–H and O–H groups in total. The summed E-state index contributed by atoms with van der Waals surface area (Å²) in [7, 11) is -3.66. The summed E-state index contributed by atoms with van der Waals surface area (Å²) >= 11 is 19.2. The molecule has 1 saturated heterocycles. The summed E-state index contributed by atoms with van der Waals surface area (Å²) in [6.07, 6.45) is 0. The zero-order chi connectivity index (χ0) is 21.5. The molecule has 1 aromatic heterocycles. The van der Waals surface area contributed by atoms with Gasteiger partial charge in [0.1, 0.15) is 5.82 Å². The van der Waals surface area contributed by atoms with E-state index in [1.165, 1.54) is 46.0 Å². The third kappa shape index (κ3) is 4.44. The lowest BCUT2D eigenvalue weighted by Gasteiger charge is -2.33. The number of hydrogen-bond acceptors (Lipinski definition) is 5. The summed E-state index contributed by atoms with van der Waals surface area (Å²) in [6.45, 7) is 1.58. The molecule has 2 aromatic carbocycles. The molecule has 158 valence electrons. The minimum Gasteiger partial charge on any atom is -0.345 e. The Kier molecular flexibility index (Phi) is 6.25. The van der Waals surface area contributed by atoms with Crippen molar-refractivity contribution in [1.29, 1.82) is 0 Å². The molecule has 5 nitrogen and oxygen atoms in total. The number of anilines is 1. The highest BCUT2D eigenvalue weighted by Gasteiger charge is 2.29. The van der Waals surface area contributed by atoms with Gasteiger partial charge in [-0.3, -0.25) is 0 Å². The standard InChI is InChI=1S/C19H15Cl3FN3O2S2/c20-13-7-12(8-14(23)9-13)18-11-29-19(24-18)25-3-5-26(6-4-25)30(27,28)15-1-2-16(21)17(22)10-15/h1-2,7-11H,3-6H2. The molecule has 0 spiro atoms. The molecule has 11 heteroatoms. The average Bonchev–Trinajstić information content (AvgIpc) is 3.20. The van der Waals surface area contributed by atoms with Gasteiger partial charge in [0.05, 0.1) is 20.6 Å². The molecule has 0 bridgehead atoms. The number of nitrogens with zero attached hydrogens (tertiary/aromatic N) is 3. The number of hydrogen-bond donors (Lipinski definition) is 0. The van der Waals surface area contributed by atoms with Gasteiger partial charge in [0.25, 0.3) is 0 Å². The Balaban J connectivity index is 1.47. The maximum atomic E-state index is 13.6. The van der Waals surface area contributed by atoms with Crippen molar-refractivity contribution in [2.24, 2.45) is 0 Å². The third-order valence-corrected chi connectivity index (χ3v) is 8.44. The number of rotatable bonds is 4. The van der Waals surface area contributed by atoms with Crippen LogP contribution >= 0.6 is 46.1 Å². The highest BCUT2D eigenvalue weighted by molar-refractivity contribution is 7.89. The van der Waals surface area contributed by atoms with Crippen molar-refractivity contribution in [3.63, 3.8) is 0 Å². The lowest BCUT2D eigenvalue weighted by molar-refractivity contribution is 0.385. The summed E-state index contributed by atoms with van der Waals surface area (Å²) in [5.41, 5.74) is 1.23. The monoisotopic (exact) mass is 505 g/mol. The summed E-state index contributed by atoms with van der Waals surface area (Å²) < 4.78 is 40.8. The van der Waals surface area contributed by atoms with E-state index in [9.17, 15) is 12.8 Å². The van der Waals surface area contributed by atoms with Gasteiger partial charge < -0.3 is 4.90 Å². The van der Waals surface area contributed by atoms with Crippen molar-refractivity contribution in [2.45, 2.75) is 4.90 Å². The average molecular weight is 507 g/mol. The molecule has 30 heavy (non-hydrogen) atoms. The summed E-state index contributed by atoms with van der Waals surface area (Å²) in [4.78, 5) is 6.70. The van der Waals surface area contributed by atoms with Crippen LogP contribution in [-0.2, 0) is 10.0 Å². The Bertz CT molecular complexity index is 1180. The van der Waals surface area contributed by atoms with Crippen LogP contribution in [0.25, 0.3) is 11.3 Å². The van der Waals surface area contributed by atoms with Gasteiger partial charge >= 0.3 is 0 Å². The maximum absolute atomic E-state index is 13.6. The van der Waals surface area contributed by atoms with Gasteiger partial charge in [-0.05, 0) is 36.4 Å². The summed E-state index contributed by atoms with van der Waals surface area (Å²) in [5.74, 6) is -0.423. The van der Waals surface area contributed by atoms with Gasteiger partial charge in [-0.25, -0.2) is 17.8 Å². The number of halogens is 4. The van der Waals surface area contributed by atoms with E-state index in [-0.39, 0.29) is 9.92 Å². The second-order valence-corrected chi connectivity index (χ2v) is 10.7. The minimum absolute atomic E-state index is 0.116. The van der Waals surface area contributed by atoms with Crippen LogP contribution in [0.2, 0.25) is 15.1 Å². The fraction of sp³-hybridized carbons (Fsp3) is 0.211. The number of benzene rings is 2. The quantitative estimate of drug-likeness (QED) is 0.474. The molecule has 2 heterocycles. The van der Waals surface area contributed by atoms with Crippen molar-refractivity contribution in [3.8, 4) is 11.3 Å². The van der Waals surface area contributed by atoms with E-state index >= 15 is 0 Å². The second-order valence-electron chi connectivity index (χ2n) is 6.64. The molecule has 0 unspecified atom stereocenters. The predicted octanol–water partition coefficient (Wildman–Crippen LogP) is 5.42. The molecule has 1 aliphatic heterocycles. The Hall–Kier alpha value is -1.42.